The third-order valence-electron chi connectivity index (χ3n) is 3.96. The number of carbonyl (C=O) groups excluding carboxylic acids is 1. The minimum Gasteiger partial charge on any atom is -0.386 e. The number of aliphatic hydroxyl groups is 1. The molecule has 1 unspecified atom stereocenters. The highest BCUT2D eigenvalue weighted by Crippen LogP contribution is 2.27. The van der Waals surface area contributed by atoms with Crippen LogP contribution in [0.4, 0.5) is 0 Å². The van der Waals surface area contributed by atoms with Crippen LogP contribution in [-0.2, 0) is 4.79 Å². The van der Waals surface area contributed by atoms with Gasteiger partial charge in [-0.2, -0.15) is 0 Å². The van der Waals surface area contributed by atoms with Crippen molar-refractivity contribution in [3.63, 3.8) is 0 Å². The first-order valence-electron chi connectivity index (χ1n) is 7.25. The van der Waals surface area contributed by atoms with Crippen LogP contribution in [0.1, 0.15) is 52.4 Å². The normalized spacial score (nSPS) is 19.4. The molecular weight excluding hydrogens is 228 g/mol. The lowest BCUT2D eigenvalue weighted by Crippen LogP contribution is -2.63. The number of hydrogen-bond donors (Lipinski definition) is 2. The van der Waals surface area contributed by atoms with Gasteiger partial charge in [0.15, 0.2) is 0 Å². The molecule has 18 heavy (non-hydrogen) atoms. The van der Waals surface area contributed by atoms with Crippen molar-refractivity contribution in [1.29, 1.82) is 0 Å². The molecule has 1 fully saturated rings. The Kier molecular flexibility index (Phi) is 6.09. The van der Waals surface area contributed by atoms with E-state index < -0.39 is 5.60 Å². The predicted octanol–water partition coefficient (Wildman–Crippen LogP) is 1.51. The monoisotopic (exact) mass is 256 g/mol. The van der Waals surface area contributed by atoms with Crippen LogP contribution >= 0.6 is 0 Å². The molecule has 1 atom stereocenters. The van der Waals surface area contributed by atoms with E-state index in [9.17, 15) is 9.90 Å². The van der Waals surface area contributed by atoms with Gasteiger partial charge in [0.25, 0.3) is 0 Å². The van der Waals surface area contributed by atoms with Gasteiger partial charge in [-0.25, -0.2) is 0 Å². The molecule has 0 aromatic heterocycles. The maximum atomic E-state index is 11.9. The molecule has 3 N–H and O–H groups in total. The van der Waals surface area contributed by atoms with Crippen molar-refractivity contribution in [2.75, 3.05) is 19.6 Å². The first-order chi connectivity index (χ1) is 8.54. The van der Waals surface area contributed by atoms with E-state index in [1.807, 2.05) is 0 Å². The van der Waals surface area contributed by atoms with Gasteiger partial charge in [0.2, 0.25) is 5.91 Å². The summed E-state index contributed by atoms with van der Waals surface area (Å²) >= 11 is 0. The summed E-state index contributed by atoms with van der Waals surface area (Å²) in [5, 5.41) is 10.0. The summed E-state index contributed by atoms with van der Waals surface area (Å²) in [4.78, 5) is 13.7. The van der Waals surface area contributed by atoms with Gasteiger partial charge in [-0.3, -0.25) is 4.79 Å². The first-order valence-corrected chi connectivity index (χ1v) is 7.25. The standard InChI is InChI=1S/C14H28N2O2/c1-3-8-14(18)10-16(11-14)13(17)6-5-12(4-2)7-9-15/h12,18H,3-11,15H2,1-2H3. The van der Waals surface area contributed by atoms with Crippen LogP contribution in [0.25, 0.3) is 0 Å². The van der Waals surface area contributed by atoms with E-state index in [2.05, 4.69) is 13.8 Å². The lowest BCUT2D eigenvalue weighted by molar-refractivity contribution is -0.156. The summed E-state index contributed by atoms with van der Waals surface area (Å²) in [6, 6.07) is 0. The third-order valence-corrected chi connectivity index (χ3v) is 3.96. The molecule has 1 aliphatic rings. The number of hydrogen-bond acceptors (Lipinski definition) is 3. The maximum Gasteiger partial charge on any atom is 0.222 e. The van der Waals surface area contributed by atoms with Crippen molar-refractivity contribution >= 4 is 5.91 Å². The summed E-state index contributed by atoms with van der Waals surface area (Å²) in [6.45, 7) is 5.95. The smallest absolute Gasteiger partial charge is 0.222 e. The van der Waals surface area contributed by atoms with E-state index in [0.717, 1.165) is 32.1 Å². The van der Waals surface area contributed by atoms with Crippen molar-refractivity contribution < 1.29 is 9.90 Å². The highest BCUT2D eigenvalue weighted by molar-refractivity contribution is 5.77. The van der Waals surface area contributed by atoms with Gasteiger partial charge >= 0.3 is 0 Å². The SMILES string of the molecule is CCCC1(O)CN(C(=O)CCC(CC)CCN)C1. The molecule has 0 aliphatic carbocycles. The van der Waals surface area contributed by atoms with E-state index in [0.29, 0.717) is 32.0 Å². The van der Waals surface area contributed by atoms with E-state index >= 15 is 0 Å². The molecule has 106 valence electrons. The Morgan fingerprint density at radius 3 is 2.56 bits per heavy atom. The van der Waals surface area contributed by atoms with Crippen molar-refractivity contribution in [2.45, 2.75) is 58.0 Å². The summed E-state index contributed by atoms with van der Waals surface area (Å²) in [7, 11) is 0. The molecule has 1 heterocycles. The molecule has 0 radical (unpaired) electrons. The molecule has 1 rings (SSSR count). The van der Waals surface area contributed by atoms with E-state index in [4.69, 9.17) is 5.73 Å². The van der Waals surface area contributed by atoms with E-state index in [1.54, 1.807) is 4.90 Å². The molecule has 1 saturated heterocycles. The van der Waals surface area contributed by atoms with Gasteiger partial charge in [0.05, 0.1) is 18.7 Å². The van der Waals surface area contributed by atoms with Crippen molar-refractivity contribution in [3.05, 3.63) is 0 Å². The molecule has 4 nitrogen and oxygen atoms in total. The fraction of sp³-hybridized carbons (Fsp3) is 0.929. The Bertz CT molecular complexity index is 263. The number of likely N-dealkylation sites (tertiary alicyclic amines) is 1. The summed E-state index contributed by atoms with van der Waals surface area (Å²) in [5.74, 6) is 0.751. The largest absolute Gasteiger partial charge is 0.386 e. The van der Waals surface area contributed by atoms with Crippen molar-refractivity contribution in [1.82, 2.24) is 4.90 Å². The molecule has 0 spiro atoms. The minimum atomic E-state index is -0.605. The Morgan fingerprint density at radius 1 is 1.39 bits per heavy atom. The van der Waals surface area contributed by atoms with E-state index in [1.165, 1.54) is 0 Å². The highest BCUT2D eigenvalue weighted by atomic mass is 16.3. The zero-order valence-corrected chi connectivity index (χ0v) is 11.8. The fourth-order valence-corrected chi connectivity index (χ4v) is 2.74. The van der Waals surface area contributed by atoms with Gasteiger partial charge in [0.1, 0.15) is 0 Å². The number of rotatable bonds is 8. The van der Waals surface area contributed by atoms with Crippen LogP contribution in [0.5, 0.6) is 0 Å². The van der Waals surface area contributed by atoms with Crippen LogP contribution in [0.3, 0.4) is 0 Å². The Hall–Kier alpha value is -0.610. The topological polar surface area (TPSA) is 66.6 Å². The predicted molar refractivity (Wildman–Crippen MR) is 73.1 cm³/mol. The molecule has 0 bridgehead atoms. The van der Waals surface area contributed by atoms with Gasteiger partial charge in [-0.05, 0) is 31.7 Å². The molecule has 0 aromatic carbocycles. The van der Waals surface area contributed by atoms with Crippen LogP contribution < -0.4 is 5.73 Å². The Labute approximate surface area is 111 Å². The average Bonchev–Trinajstić information content (AvgIpc) is 2.31. The summed E-state index contributed by atoms with van der Waals surface area (Å²) in [6.07, 6.45) is 5.37. The minimum absolute atomic E-state index is 0.186. The maximum absolute atomic E-state index is 11.9. The van der Waals surface area contributed by atoms with Gasteiger partial charge in [-0.15, -0.1) is 0 Å². The number of β-amino-alcohol motifs (C(OH)–C–C–N with tert-alkyl or cyclic N) is 1. The average molecular weight is 256 g/mol. The lowest BCUT2D eigenvalue weighted by Gasteiger charge is -2.46. The molecule has 1 amide bonds. The van der Waals surface area contributed by atoms with Crippen LogP contribution in [-0.4, -0.2) is 41.1 Å². The van der Waals surface area contributed by atoms with Crippen LogP contribution in [0.2, 0.25) is 0 Å². The number of nitrogens with zero attached hydrogens (tertiary/aromatic N) is 1. The quantitative estimate of drug-likeness (QED) is 0.692. The second-order valence-corrected chi connectivity index (χ2v) is 5.61. The van der Waals surface area contributed by atoms with Crippen LogP contribution in [0, 0.1) is 5.92 Å². The molecular formula is C14H28N2O2. The molecule has 0 saturated carbocycles. The molecule has 0 aromatic rings. The van der Waals surface area contributed by atoms with Crippen molar-refractivity contribution in [3.8, 4) is 0 Å². The van der Waals surface area contributed by atoms with Crippen LogP contribution in [0.15, 0.2) is 0 Å². The zero-order valence-electron chi connectivity index (χ0n) is 11.8. The summed E-state index contributed by atoms with van der Waals surface area (Å²) in [5.41, 5.74) is 4.94. The molecule has 4 heteroatoms. The second-order valence-electron chi connectivity index (χ2n) is 5.61. The zero-order chi connectivity index (χ0) is 13.6. The Balaban J connectivity index is 2.23. The number of nitrogens with two attached hydrogens (primary N) is 1. The summed E-state index contributed by atoms with van der Waals surface area (Å²) < 4.78 is 0. The van der Waals surface area contributed by atoms with Crippen molar-refractivity contribution in [2.24, 2.45) is 11.7 Å². The number of carbonyl (C=O) groups is 1. The Morgan fingerprint density at radius 2 is 2.06 bits per heavy atom. The van der Waals surface area contributed by atoms with Gasteiger partial charge in [-0.1, -0.05) is 26.7 Å². The second kappa shape index (κ2) is 7.10. The van der Waals surface area contributed by atoms with Gasteiger partial charge < -0.3 is 15.7 Å². The lowest BCUT2D eigenvalue weighted by atomic mass is 9.88. The third kappa shape index (κ3) is 4.25. The fourth-order valence-electron chi connectivity index (χ4n) is 2.74. The molecule has 1 aliphatic heterocycles. The van der Waals surface area contributed by atoms with Gasteiger partial charge in [0, 0.05) is 6.42 Å². The first kappa shape index (κ1) is 15.4. The number of amides is 1. The highest BCUT2D eigenvalue weighted by Gasteiger charge is 2.42. The van der Waals surface area contributed by atoms with E-state index in [-0.39, 0.29) is 5.91 Å².